The lowest BCUT2D eigenvalue weighted by Crippen LogP contribution is -2.24. The topological polar surface area (TPSA) is 58.1 Å². The number of nitrogens with zero attached hydrogens (tertiary/aromatic N) is 3. The van der Waals surface area contributed by atoms with Crippen LogP contribution >= 0.6 is 11.3 Å². The van der Waals surface area contributed by atoms with Crippen molar-refractivity contribution in [1.29, 1.82) is 0 Å². The first-order valence-corrected chi connectivity index (χ1v) is 7.64. The third-order valence-corrected chi connectivity index (χ3v) is 4.01. The van der Waals surface area contributed by atoms with Gasteiger partial charge in [0, 0.05) is 36.3 Å². The number of hydrogen-bond donors (Lipinski definition) is 1. The Morgan fingerprint density at radius 3 is 2.57 bits per heavy atom. The van der Waals surface area contributed by atoms with Crippen LogP contribution in [-0.2, 0) is 6.42 Å². The highest BCUT2D eigenvalue weighted by atomic mass is 32.1. The Morgan fingerprint density at radius 2 is 2.05 bits per heavy atom. The van der Waals surface area contributed by atoms with E-state index in [1.54, 1.807) is 26.2 Å². The van der Waals surface area contributed by atoms with Crippen molar-refractivity contribution in [3.8, 4) is 0 Å². The second-order valence-electron chi connectivity index (χ2n) is 5.27. The molecule has 0 radical (unpaired) electrons. The summed E-state index contributed by atoms with van der Waals surface area (Å²) in [6, 6.07) is 8.03. The fourth-order valence-corrected chi connectivity index (χ4v) is 2.97. The molecule has 1 N–H and O–H groups in total. The molecule has 0 aromatic carbocycles. The van der Waals surface area contributed by atoms with Gasteiger partial charge in [0.2, 0.25) is 0 Å². The summed E-state index contributed by atoms with van der Waals surface area (Å²) in [5, 5.41) is 11.3. The van der Waals surface area contributed by atoms with Crippen LogP contribution < -0.4 is 5.32 Å². The molecule has 1 unspecified atom stereocenters. The Morgan fingerprint density at radius 1 is 1.29 bits per heavy atom. The van der Waals surface area contributed by atoms with Gasteiger partial charge in [0.05, 0.1) is 0 Å². The zero-order chi connectivity index (χ0) is 15.4. The van der Waals surface area contributed by atoms with Crippen LogP contribution in [0.1, 0.15) is 27.2 Å². The lowest BCUT2D eigenvalue weighted by Gasteiger charge is -2.13. The molecule has 1 atom stereocenters. The van der Waals surface area contributed by atoms with Gasteiger partial charge in [0.25, 0.3) is 5.91 Å². The number of aromatic nitrogens is 2. The van der Waals surface area contributed by atoms with Crippen molar-refractivity contribution in [2.45, 2.75) is 26.3 Å². The van der Waals surface area contributed by atoms with Crippen LogP contribution in [0.2, 0.25) is 0 Å². The highest BCUT2D eigenvalue weighted by Gasteiger charge is 2.11. The van der Waals surface area contributed by atoms with Gasteiger partial charge in [-0.05, 0) is 38.1 Å². The van der Waals surface area contributed by atoms with E-state index < -0.39 is 0 Å². The molecular weight excluding hydrogens is 284 g/mol. The molecule has 0 fully saturated rings. The normalized spacial score (nSPS) is 12.0. The Kier molecular flexibility index (Phi) is 4.90. The van der Waals surface area contributed by atoms with Crippen molar-refractivity contribution in [2.75, 3.05) is 19.4 Å². The van der Waals surface area contributed by atoms with E-state index in [2.05, 4.69) is 41.5 Å². The minimum Gasteiger partial charge on any atom is -0.366 e. The van der Waals surface area contributed by atoms with E-state index in [9.17, 15) is 4.79 Å². The maximum absolute atomic E-state index is 11.7. The Hall–Kier alpha value is -1.95. The van der Waals surface area contributed by atoms with Crippen molar-refractivity contribution in [1.82, 2.24) is 15.1 Å². The zero-order valence-corrected chi connectivity index (χ0v) is 13.6. The zero-order valence-electron chi connectivity index (χ0n) is 12.8. The Bertz CT molecular complexity index is 606. The SMILES string of the molecule is Cc1ccc(CC(C)Nc2ccc(C(=O)N(C)C)nn2)s1. The van der Waals surface area contributed by atoms with Crippen LogP contribution in [0.3, 0.4) is 0 Å². The van der Waals surface area contributed by atoms with E-state index in [0.29, 0.717) is 11.5 Å². The maximum atomic E-state index is 11.7. The molecule has 6 heteroatoms. The van der Waals surface area contributed by atoms with Crippen molar-refractivity contribution < 1.29 is 4.79 Å². The van der Waals surface area contributed by atoms with Crippen LogP contribution in [0.4, 0.5) is 5.82 Å². The molecule has 0 saturated carbocycles. The number of aryl methyl sites for hydroxylation is 1. The molecule has 2 aromatic heterocycles. The van der Waals surface area contributed by atoms with E-state index in [1.807, 2.05) is 11.3 Å². The van der Waals surface area contributed by atoms with Gasteiger partial charge >= 0.3 is 0 Å². The molecule has 21 heavy (non-hydrogen) atoms. The number of hydrogen-bond acceptors (Lipinski definition) is 5. The highest BCUT2D eigenvalue weighted by molar-refractivity contribution is 7.11. The van der Waals surface area contributed by atoms with E-state index in [0.717, 1.165) is 6.42 Å². The van der Waals surface area contributed by atoms with Crippen molar-refractivity contribution in [3.63, 3.8) is 0 Å². The minimum atomic E-state index is -0.142. The summed E-state index contributed by atoms with van der Waals surface area (Å²) < 4.78 is 0. The molecule has 2 heterocycles. The predicted molar refractivity (Wildman–Crippen MR) is 85.9 cm³/mol. The molecule has 0 bridgehead atoms. The number of anilines is 1. The molecule has 0 saturated heterocycles. The Labute approximate surface area is 129 Å². The summed E-state index contributed by atoms with van der Waals surface area (Å²) in [5.74, 6) is 0.544. The standard InChI is InChI=1S/C15H20N4OS/c1-10(9-12-6-5-11(2)21-12)16-14-8-7-13(17-18-14)15(20)19(3)4/h5-8,10H,9H2,1-4H3,(H,16,18). The fraction of sp³-hybridized carbons (Fsp3) is 0.400. The van der Waals surface area contributed by atoms with Gasteiger partial charge in [-0.1, -0.05) is 0 Å². The van der Waals surface area contributed by atoms with E-state index in [1.165, 1.54) is 14.7 Å². The lowest BCUT2D eigenvalue weighted by molar-refractivity contribution is 0.0821. The average Bonchev–Trinajstić information content (AvgIpc) is 2.83. The van der Waals surface area contributed by atoms with E-state index in [4.69, 9.17) is 0 Å². The van der Waals surface area contributed by atoms with Gasteiger partial charge in [0.15, 0.2) is 5.69 Å². The molecule has 2 aromatic rings. The quantitative estimate of drug-likeness (QED) is 0.922. The molecule has 2 rings (SSSR count). The maximum Gasteiger partial charge on any atom is 0.273 e. The number of nitrogens with one attached hydrogen (secondary N) is 1. The molecular formula is C15H20N4OS. The fourth-order valence-electron chi connectivity index (χ4n) is 1.95. The molecule has 112 valence electrons. The van der Waals surface area contributed by atoms with Gasteiger partial charge in [-0.2, -0.15) is 0 Å². The summed E-state index contributed by atoms with van der Waals surface area (Å²) in [6.45, 7) is 4.22. The van der Waals surface area contributed by atoms with Gasteiger partial charge in [0.1, 0.15) is 5.82 Å². The first-order valence-electron chi connectivity index (χ1n) is 6.83. The van der Waals surface area contributed by atoms with E-state index in [-0.39, 0.29) is 11.9 Å². The summed E-state index contributed by atoms with van der Waals surface area (Å²) in [7, 11) is 3.39. The highest BCUT2D eigenvalue weighted by Crippen LogP contribution is 2.17. The summed E-state index contributed by atoms with van der Waals surface area (Å²) in [5.41, 5.74) is 0.354. The van der Waals surface area contributed by atoms with Crippen molar-refractivity contribution >= 4 is 23.1 Å². The smallest absolute Gasteiger partial charge is 0.273 e. The number of amides is 1. The largest absolute Gasteiger partial charge is 0.366 e. The van der Waals surface area contributed by atoms with Crippen LogP contribution in [0, 0.1) is 6.92 Å². The summed E-state index contributed by atoms with van der Waals surface area (Å²) in [6.07, 6.45) is 0.943. The third kappa shape index (κ3) is 4.26. The van der Waals surface area contributed by atoms with E-state index >= 15 is 0 Å². The molecule has 5 nitrogen and oxygen atoms in total. The second kappa shape index (κ2) is 6.67. The van der Waals surface area contributed by atoms with Gasteiger partial charge < -0.3 is 10.2 Å². The van der Waals surface area contributed by atoms with Gasteiger partial charge in [-0.3, -0.25) is 4.79 Å². The third-order valence-electron chi connectivity index (χ3n) is 2.99. The first kappa shape index (κ1) is 15.4. The molecule has 0 spiro atoms. The number of carbonyl (C=O) groups excluding carboxylic acids is 1. The lowest BCUT2D eigenvalue weighted by atomic mass is 10.2. The molecule has 1 amide bonds. The number of carbonyl (C=O) groups is 1. The van der Waals surface area contributed by atoms with Crippen LogP contribution in [-0.4, -0.2) is 41.1 Å². The average molecular weight is 304 g/mol. The molecule has 0 aliphatic heterocycles. The van der Waals surface area contributed by atoms with Crippen LogP contribution in [0.15, 0.2) is 24.3 Å². The van der Waals surface area contributed by atoms with Crippen molar-refractivity contribution in [2.24, 2.45) is 0 Å². The van der Waals surface area contributed by atoms with Gasteiger partial charge in [-0.15, -0.1) is 21.5 Å². The Balaban J connectivity index is 1.95. The first-order chi connectivity index (χ1) is 9.95. The second-order valence-corrected chi connectivity index (χ2v) is 6.64. The van der Waals surface area contributed by atoms with Crippen LogP contribution in [0.5, 0.6) is 0 Å². The number of rotatable bonds is 5. The van der Waals surface area contributed by atoms with Crippen molar-refractivity contribution in [3.05, 3.63) is 39.7 Å². The molecule has 0 aliphatic carbocycles. The monoisotopic (exact) mass is 304 g/mol. The molecule has 0 aliphatic rings. The summed E-state index contributed by atoms with van der Waals surface area (Å²) >= 11 is 1.81. The predicted octanol–water partition coefficient (Wildman–Crippen LogP) is 2.59. The summed E-state index contributed by atoms with van der Waals surface area (Å²) in [4.78, 5) is 15.9. The number of thiophene rings is 1. The minimum absolute atomic E-state index is 0.142. The van der Waals surface area contributed by atoms with Crippen LogP contribution in [0.25, 0.3) is 0 Å². The van der Waals surface area contributed by atoms with Gasteiger partial charge in [-0.25, -0.2) is 0 Å².